The fourth-order valence-corrected chi connectivity index (χ4v) is 6.38. The van der Waals surface area contributed by atoms with Gasteiger partial charge in [-0.1, -0.05) is 19.9 Å². The van der Waals surface area contributed by atoms with Gasteiger partial charge in [0.1, 0.15) is 17.2 Å². The van der Waals surface area contributed by atoms with E-state index in [9.17, 15) is 13.9 Å². The molecule has 1 fully saturated rings. The SMILES string of the molecule is CC(C)(O)c1ccc(-c2nccc([C@@]34CC[C@@H](c5cc(-c6c(F)cccc6F)nnc53)C4(C)C)n2)cn1. The standard InChI is InChI=1S/C29H27F2N5O/c1-27(2)18-10-12-29(27,25-17(18)14-21(35-36-25)24-19(30)6-5-7-20(24)31)23-11-13-32-26(34-23)16-8-9-22(33-15-16)28(3,4)37/h5-9,11,13-15,18,37H,10,12H2,1-4H3/t18-,29-/m0/s1. The molecule has 0 aliphatic heterocycles. The second kappa shape index (κ2) is 7.92. The summed E-state index contributed by atoms with van der Waals surface area (Å²) in [7, 11) is 0. The van der Waals surface area contributed by atoms with E-state index < -0.39 is 22.7 Å². The molecule has 6 nitrogen and oxygen atoms in total. The zero-order valence-electron chi connectivity index (χ0n) is 21.1. The van der Waals surface area contributed by atoms with E-state index >= 15 is 0 Å². The van der Waals surface area contributed by atoms with Crippen LogP contribution in [0.5, 0.6) is 0 Å². The lowest BCUT2D eigenvalue weighted by molar-refractivity contribution is 0.0739. The van der Waals surface area contributed by atoms with Gasteiger partial charge in [0.15, 0.2) is 5.82 Å². The van der Waals surface area contributed by atoms with Crippen LogP contribution in [0.4, 0.5) is 8.78 Å². The zero-order chi connectivity index (χ0) is 26.2. The number of benzene rings is 1. The Labute approximate surface area is 213 Å². The van der Waals surface area contributed by atoms with Gasteiger partial charge in [-0.3, -0.25) is 4.98 Å². The molecule has 2 aliphatic carbocycles. The van der Waals surface area contributed by atoms with Crippen molar-refractivity contribution in [3.8, 4) is 22.6 Å². The molecule has 6 rings (SSSR count). The van der Waals surface area contributed by atoms with Crippen molar-refractivity contribution >= 4 is 0 Å². The van der Waals surface area contributed by atoms with Gasteiger partial charge in [-0.2, -0.15) is 5.10 Å². The molecule has 1 N–H and O–H groups in total. The van der Waals surface area contributed by atoms with Crippen molar-refractivity contribution in [2.45, 2.75) is 57.5 Å². The van der Waals surface area contributed by atoms with Crippen LogP contribution in [0.25, 0.3) is 22.6 Å². The molecule has 3 heterocycles. The van der Waals surface area contributed by atoms with Crippen LogP contribution in [0.3, 0.4) is 0 Å². The van der Waals surface area contributed by atoms with Crippen molar-refractivity contribution < 1.29 is 13.9 Å². The molecule has 2 aliphatic rings. The lowest BCUT2D eigenvalue weighted by Gasteiger charge is -2.37. The van der Waals surface area contributed by atoms with Crippen molar-refractivity contribution in [3.63, 3.8) is 0 Å². The van der Waals surface area contributed by atoms with Crippen LogP contribution in [0, 0.1) is 17.0 Å². The van der Waals surface area contributed by atoms with E-state index in [-0.39, 0.29) is 22.6 Å². The predicted molar refractivity (Wildman–Crippen MR) is 134 cm³/mol. The molecule has 4 aromatic rings. The van der Waals surface area contributed by atoms with E-state index in [2.05, 4.69) is 34.0 Å². The smallest absolute Gasteiger partial charge is 0.160 e. The first kappa shape index (κ1) is 23.7. The van der Waals surface area contributed by atoms with E-state index in [0.717, 1.165) is 35.4 Å². The van der Waals surface area contributed by atoms with Gasteiger partial charge in [-0.25, -0.2) is 18.7 Å². The van der Waals surface area contributed by atoms with E-state index in [1.54, 1.807) is 38.4 Å². The fourth-order valence-electron chi connectivity index (χ4n) is 6.38. The van der Waals surface area contributed by atoms with Crippen molar-refractivity contribution in [1.29, 1.82) is 0 Å². The molecular weight excluding hydrogens is 472 g/mol. The molecule has 1 aromatic carbocycles. The van der Waals surface area contributed by atoms with Gasteiger partial charge in [-0.05, 0) is 80.0 Å². The predicted octanol–water partition coefficient (Wildman–Crippen LogP) is 5.70. The summed E-state index contributed by atoms with van der Waals surface area (Å²) in [6.07, 6.45) is 5.16. The first-order chi connectivity index (χ1) is 17.5. The minimum absolute atomic E-state index is 0.151. The van der Waals surface area contributed by atoms with Gasteiger partial charge in [0.25, 0.3) is 0 Å². The van der Waals surface area contributed by atoms with E-state index in [4.69, 9.17) is 4.98 Å². The van der Waals surface area contributed by atoms with Crippen LogP contribution in [0.1, 0.15) is 69.1 Å². The van der Waals surface area contributed by atoms with Gasteiger partial charge in [-0.15, -0.1) is 5.10 Å². The first-order valence-electron chi connectivity index (χ1n) is 12.4. The molecule has 3 aromatic heterocycles. The highest BCUT2D eigenvalue weighted by atomic mass is 19.1. The normalized spacial score (nSPS) is 21.8. The molecule has 0 spiro atoms. The lowest BCUT2D eigenvalue weighted by atomic mass is 9.66. The van der Waals surface area contributed by atoms with Gasteiger partial charge in [0, 0.05) is 18.0 Å². The summed E-state index contributed by atoms with van der Waals surface area (Å²) in [5.41, 5.74) is 2.19. The Morgan fingerprint density at radius 2 is 1.76 bits per heavy atom. The Morgan fingerprint density at radius 3 is 2.43 bits per heavy atom. The second-order valence-electron chi connectivity index (χ2n) is 11.1. The molecular formula is C29H27F2N5O. The summed E-state index contributed by atoms with van der Waals surface area (Å²) in [5.74, 6) is -0.628. The van der Waals surface area contributed by atoms with Crippen molar-refractivity contribution in [1.82, 2.24) is 25.1 Å². The third-order valence-electron chi connectivity index (χ3n) is 8.34. The van der Waals surface area contributed by atoms with Crippen molar-refractivity contribution in [2.75, 3.05) is 0 Å². The Bertz CT molecular complexity index is 1510. The number of rotatable bonds is 4. The Morgan fingerprint density at radius 1 is 1.00 bits per heavy atom. The second-order valence-corrected chi connectivity index (χ2v) is 11.1. The topological polar surface area (TPSA) is 84.7 Å². The van der Waals surface area contributed by atoms with E-state index in [1.807, 2.05) is 12.1 Å². The minimum atomic E-state index is -1.04. The van der Waals surface area contributed by atoms with Crippen LogP contribution < -0.4 is 0 Å². The fraction of sp³-hybridized carbons (Fsp3) is 0.345. The number of hydrogen-bond acceptors (Lipinski definition) is 6. The third kappa shape index (κ3) is 3.35. The van der Waals surface area contributed by atoms with Crippen molar-refractivity contribution in [2.24, 2.45) is 5.41 Å². The summed E-state index contributed by atoms with van der Waals surface area (Å²) < 4.78 is 29.0. The van der Waals surface area contributed by atoms with E-state index in [0.29, 0.717) is 11.5 Å². The number of aliphatic hydroxyl groups is 1. The molecule has 188 valence electrons. The summed E-state index contributed by atoms with van der Waals surface area (Å²) >= 11 is 0. The number of fused-ring (bicyclic) bond motifs is 5. The average Bonchev–Trinajstić information content (AvgIpc) is 3.24. The quantitative estimate of drug-likeness (QED) is 0.388. The Hall–Kier alpha value is -3.65. The maximum absolute atomic E-state index is 14.5. The van der Waals surface area contributed by atoms with Crippen LogP contribution in [0.15, 0.2) is 54.9 Å². The largest absolute Gasteiger partial charge is 0.384 e. The molecule has 2 bridgehead atoms. The minimum Gasteiger partial charge on any atom is -0.384 e. The van der Waals surface area contributed by atoms with Gasteiger partial charge < -0.3 is 5.11 Å². The van der Waals surface area contributed by atoms with Crippen LogP contribution in [-0.4, -0.2) is 30.3 Å². The van der Waals surface area contributed by atoms with Gasteiger partial charge in [0.2, 0.25) is 0 Å². The first-order valence-corrected chi connectivity index (χ1v) is 12.4. The third-order valence-corrected chi connectivity index (χ3v) is 8.34. The van der Waals surface area contributed by atoms with E-state index in [1.165, 1.54) is 18.2 Å². The maximum atomic E-state index is 14.5. The number of halogens is 2. The van der Waals surface area contributed by atoms with Crippen LogP contribution in [-0.2, 0) is 11.0 Å². The molecule has 8 heteroatoms. The highest BCUT2D eigenvalue weighted by Gasteiger charge is 2.65. The summed E-state index contributed by atoms with van der Waals surface area (Å²) in [6, 6.07) is 11.2. The Balaban J connectivity index is 1.46. The highest BCUT2D eigenvalue weighted by Crippen LogP contribution is 2.69. The number of nitrogens with zero attached hydrogens (tertiary/aromatic N) is 5. The molecule has 1 saturated carbocycles. The molecule has 0 unspecified atom stereocenters. The summed E-state index contributed by atoms with van der Waals surface area (Å²) in [5, 5.41) is 19.1. The van der Waals surface area contributed by atoms with Gasteiger partial charge in [0.05, 0.1) is 33.8 Å². The molecule has 0 saturated heterocycles. The number of pyridine rings is 1. The zero-order valence-corrected chi connectivity index (χ0v) is 21.1. The number of hydrogen-bond donors (Lipinski definition) is 1. The van der Waals surface area contributed by atoms with Crippen LogP contribution in [0.2, 0.25) is 0 Å². The van der Waals surface area contributed by atoms with Crippen molar-refractivity contribution in [3.05, 3.63) is 89.1 Å². The summed E-state index contributed by atoms with van der Waals surface area (Å²) in [4.78, 5) is 13.9. The molecule has 37 heavy (non-hydrogen) atoms. The van der Waals surface area contributed by atoms with Gasteiger partial charge >= 0.3 is 0 Å². The lowest BCUT2D eigenvalue weighted by Crippen LogP contribution is -2.38. The molecule has 0 radical (unpaired) electrons. The Kier molecular flexibility index (Phi) is 5.08. The van der Waals surface area contributed by atoms with Crippen LogP contribution >= 0.6 is 0 Å². The monoisotopic (exact) mass is 499 g/mol. The highest BCUT2D eigenvalue weighted by molar-refractivity contribution is 5.64. The number of aromatic nitrogens is 5. The summed E-state index contributed by atoms with van der Waals surface area (Å²) in [6.45, 7) is 7.79. The maximum Gasteiger partial charge on any atom is 0.160 e. The average molecular weight is 500 g/mol. The molecule has 0 amide bonds. The molecule has 2 atom stereocenters.